The third-order valence-electron chi connectivity index (χ3n) is 6.14. The van der Waals surface area contributed by atoms with Gasteiger partial charge in [-0.2, -0.15) is 0 Å². The zero-order valence-corrected chi connectivity index (χ0v) is 18.0. The molecule has 0 aliphatic carbocycles. The molecule has 2 fully saturated rings. The third kappa shape index (κ3) is 3.74. The molecule has 2 aliphatic rings. The van der Waals surface area contributed by atoms with Crippen molar-refractivity contribution >= 4 is 32.7 Å². The summed E-state index contributed by atoms with van der Waals surface area (Å²) in [5.74, 6) is 1.36. The molecule has 0 saturated carbocycles. The van der Waals surface area contributed by atoms with Gasteiger partial charge in [0.05, 0.1) is 12.8 Å². The predicted molar refractivity (Wildman–Crippen MR) is 120 cm³/mol. The van der Waals surface area contributed by atoms with Crippen molar-refractivity contribution in [2.24, 2.45) is 5.92 Å². The lowest BCUT2D eigenvalue weighted by molar-refractivity contribution is -0.135. The van der Waals surface area contributed by atoms with Gasteiger partial charge in [-0.1, -0.05) is 23.5 Å². The van der Waals surface area contributed by atoms with Crippen molar-refractivity contribution in [1.29, 1.82) is 0 Å². The topological polar surface area (TPSA) is 58.6 Å². The first-order chi connectivity index (χ1) is 14.7. The van der Waals surface area contributed by atoms with Gasteiger partial charge in [0.15, 0.2) is 5.13 Å². The van der Waals surface area contributed by atoms with Gasteiger partial charge in [-0.15, -0.1) is 0 Å². The number of methoxy groups -OCH3 is 1. The van der Waals surface area contributed by atoms with Crippen LogP contribution in [0.4, 0.5) is 5.13 Å². The molecule has 2 saturated heterocycles. The Labute approximate surface area is 180 Å². The number of hydrogen-bond donors (Lipinski definition) is 0. The summed E-state index contributed by atoms with van der Waals surface area (Å²) in [7, 11) is 1.67. The average molecular weight is 423 g/mol. The first kappa shape index (κ1) is 19.3. The van der Waals surface area contributed by atoms with Gasteiger partial charge in [-0.3, -0.25) is 4.79 Å². The van der Waals surface area contributed by atoms with Crippen molar-refractivity contribution < 1.29 is 9.53 Å². The highest BCUT2D eigenvalue weighted by Crippen LogP contribution is 2.33. The molecule has 3 aromatic rings. The minimum Gasteiger partial charge on any atom is -0.497 e. The maximum atomic E-state index is 12.7. The molecule has 0 N–H and O–H groups in total. The number of ether oxygens (including phenoxy) is 1. The number of fused-ring (bicyclic) bond motifs is 1. The molecule has 0 radical (unpaired) electrons. The highest BCUT2D eigenvalue weighted by atomic mass is 32.1. The molecule has 0 unspecified atom stereocenters. The van der Waals surface area contributed by atoms with E-state index in [1.54, 1.807) is 18.4 Å². The SMILES string of the molecule is COc1cccc(-c2ccc3nc(N4CCC(C(=O)N5CCCC5)CC4)sc3n2)c1. The summed E-state index contributed by atoms with van der Waals surface area (Å²) in [6.07, 6.45) is 4.13. The van der Waals surface area contributed by atoms with Crippen molar-refractivity contribution in [2.75, 3.05) is 38.2 Å². The number of carbonyl (C=O) groups excluding carboxylic acids is 1. The second kappa shape index (κ2) is 8.22. The summed E-state index contributed by atoms with van der Waals surface area (Å²) in [6, 6.07) is 12.0. The average Bonchev–Trinajstić information content (AvgIpc) is 3.48. The molecule has 0 atom stereocenters. The number of amides is 1. The van der Waals surface area contributed by atoms with E-state index < -0.39 is 0 Å². The number of hydrogen-bond acceptors (Lipinski definition) is 6. The summed E-state index contributed by atoms with van der Waals surface area (Å²) >= 11 is 1.63. The second-order valence-corrected chi connectivity index (χ2v) is 9.00. The third-order valence-corrected chi connectivity index (χ3v) is 7.17. The van der Waals surface area contributed by atoms with Crippen LogP contribution >= 0.6 is 11.3 Å². The zero-order valence-electron chi connectivity index (χ0n) is 17.2. The summed E-state index contributed by atoms with van der Waals surface area (Å²) < 4.78 is 5.33. The highest BCUT2D eigenvalue weighted by Gasteiger charge is 2.30. The van der Waals surface area contributed by atoms with Gasteiger partial charge in [0.25, 0.3) is 0 Å². The smallest absolute Gasteiger partial charge is 0.225 e. The summed E-state index contributed by atoms with van der Waals surface area (Å²) in [5.41, 5.74) is 2.89. The lowest BCUT2D eigenvalue weighted by Gasteiger charge is -2.32. The molecule has 1 aromatic carbocycles. The number of pyridine rings is 1. The van der Waals surface area contributed by atoms with E-state index in [2.05, 4.69) is 9.80 Å². The molecule has 156 valence electrons. The molecular weight excluding hydrogens is 396 g/mol. The van der Waals surface area contributed by atoms with Crippen molar-refractivity contribution in [3.63, 3.8) is 0 Å². The van der Waals surface area contributed by atoms with E-state index in [9.17, 15) is 4.79 Å². The van der Waals surface area contributed by atoms with E-state index in [0.717, 1.165) is 84.3 Å². The van der Waals surface area contributed by atoms with Crippen LogP contribution in [0.3, 0.4) is 0 Å². The lowest BCUT2D eigenvalue weighted by Crippen LogP contribution is -2.41. The maximum absolute atomic E-state index is 12.7. The Balaban J connectivity index is 1.30. The van der Waals surface area contributed by atoms with Gasteiger partial charge < -0.3 is 14.5 Å². The number of piperidine rings is 1. The van der Waals surface area contributed by atoms with Gasteiger partial charge in [0, 0.05) is 37.7 Å². The van der Waals surface area contributed by atoms with Gasteiger partial charge in [0.2, 0.25) is 5.91 Å². The lowest BCUT2D eigenvalue weighted by atomic mass is 9.95. The Hall–Kier alpha value is -2.67. The largest absolute Gasteiger partial charge is 0.497 e. The van der Waals surface area contributed by atoms with Crippen LogP contribution in [0.2, 0.25) is 0 Å². The summed E-state index contributed by atoms with van der Waals surface area (Å²) in [6.45, 7) is 3.65. The first-order valence-electron chi connectivity index (χ1n) is 10.7. The molecule has 2 aliphatic heterocycles. The van der Waals surface area contributed by atoms with Gasteiger partial charge in [-0.05, 0) is 49.9 Å². The minimum absolute atomic E-state index is 0.173. The number of anilines is 1. The van der Waals surface area contributed by atoms with Gasteiger partial charge in [0.1, 0.15) is 16.1 Å². The predicted octanol–water partition coefficient (Wildman–Crippen LogP) is 4.21. The van der Waals surface area contributed by atoms with Crippen LogP contribution in [-0.2, 0) is 4.79 Å². The van der Waals surface area contributed by atoms with Crippen LogP contribution < -0.4 is 9.64 Å². The van der Waals surface area contributed by atoms with Crippen LogP contribution in [0.15, 0.2) is 36.4 Å². The number of aromatic nitrogens is 2. The molecule has 4 heterocycles. The maximum Gasteiger partial charge on any atom is 0.225 e. The van der Waals surface area contributed by atoms with E-state index in [0.29, 0.717) is 5.91 Å². The highest BCUT2D eigenvalue weighted by molar-refractivity contribution is 7.21. The first-order valence-corrected chi connectivity index (χ1v) is 11.5. The molecule has 0 bridgehead atoms. The summed E-state index contributed by atoms with van der Waals surface area (Å²) in [4.78, 5) is 27.7. The van der Waals surface area contributed by atoms with E-state index in [1.807, 2.05) is 36.4 Å². The molecule has 7 heteroatoms. The van der Waals surface area contributed by atoms with E-state index in [1.165, 1.54) is 0 Å². The monoisotopic (exact) mass is 422 g/mol. The van der Waals surface area contributed by atoms with E-state index in [-0.39, 0.29) is 5.92 Å². The Morgan fingerprint density at radius 3 is 2.63 bits per heavy atom. The molecule has 30 heavy (non-hydrogen) atoms. The fraction of sp³-hybridized carbons (Fsp3) is 0.435. The Kier molecular flexibility index (Phi) is 5.29. The van der Waals surface area contributed by atoms with Crippen molar-refractivity contribution in [1.82, 2.24) is 14.9 Å². The quantitative estimate of drug-likeness (QED) is 0.631. The van der Waals surface area contributed by atoms with Crippen molar-refractivity contribution in [3.05, 3.63) is 36.4 Å². The molecule has 6 nitrogen and oxygen atoms in total. The van der Waals surface area contributed by atoms with Crippen molar-refractivity contribution in [2.45, 2.75) is 25.7 Å². The Morgan fingerprint density at radius 2 is 1.87 bits per heavy atom. The number of nitrogens with zero attached hydrogens (tertiary/aromatic N) is 4. The van der Waals surface area contributed by atoms with Gasteiger partial charge in [-0.25, -0.2) is 9.97 Å². The molecule has 0 spiro atoms. The zero-order chi connectivity index (χ0) is 20.5. The van der Waals surface area contributed by atoms with Crippen LogP contribution in [-0.4, -0.2) is 54.1 Å². The van der Waals surface area contributed by atoms with E-state index in [4.69, 9.17) is 14.7 Å². The fourth-order valence-corrected chi connectivity index (χ4v) is 5.39. The van der Waals surface area contributed by atoms with Crippen LogP contribution in [0.5, 0.6) is 5.75 Å². The molecule has 1 amide bonds. The number of rotatable bonds is 4. The molecule has 5 rings (SSSR count). The molecular formula is C23H26N4O2S. The number of carbonyl (C=O) groups is 1. The minimum atomic E-state index is 0.173. The standard InChI is InChI=1S/C23H26N4O2S/c1-29-18-6-4-5-17(15-18)19-7-8-20-21(24-19)30-23(25-20)27-13-9-16(10-14-27)22(28)26-11-2-3-12-26/h4-8,15-16H,2-3,9-14H2,1H3. The Bertz CT molecular complexity index is 1050. The van der Waals surface area contributed by atoms with Crippen LogP contribution in [0, 0.1) is 5.92 Å². The number of benzene rings is 1. The van der Waals surface area contributed by atoms with E-state index >= 15 is 0 Å². The normalized spacial score (nSPS) is 17.6. The van der Waals surface area contributed by atoms with Crippen molar-refractivity contribution in [3.8, 4) is 17.0 Å². The second-order valence-electron chi connectivity index (χ2n) is 8.04. The Morgan fingerprint density at radius 1 is 1.07 bits per heavy atom. The summed E-state index contributed by atoms with van der Waals surface area (Å²) in [5, 5.41) is 1.01. The van der Waals surface area contributed by atoms with Crippen LogP contribution in [0.1, 0.15) is 25.7 Å². The molecule has 2 aromatic heterocycles. The van der Waals surface area contributed by atoms with Gasteiger partial charge >= 0.3 is 0 Å². The van der Waals surface area contributed by atoms with Crippen LogP contribution in [0.25, 0.3) is 21.6 Å². The fourth-order valence-electron chi connectivity index (χ4n) is 4.40. The number of thiazole rings is 1. The number of likely N-dealkylation sites (tertiary alicyclic amines) is 1.